The van der Waals surface area contributed by atoms with Crippen molar-refractivity contribution in [3.8, 4) is 11.3 Å². The average Bonchev–Trinajstić information content (AvgIpc) is 3.08. The van der Waals surface area contributed by atoms with Gasteiger partial charge in [-0.05, 0) is 12.6 Å². The molecule has 0 spiro atoms. The van der Waals surface area contributed by atoms with Gasteiger partial charge < -0.3 is 14.6 Å². The molecule has 6 heteroatoms. The molecule has 1 N–H and O–H groups in total. The second kappa shape index (κ2) is 8.53. The van der Waals surface area contributed by atoms with E-state index < -0.39 is 0 Å². The molecular weight excluding hydrogens is 292 g/mol. The zero-order valence-corrected chi connectivity index (χ0v) is 13.1. The molecule has 0 aliphatic rings. The van der Waals surface area contributed by atoms with E-state index >= 15 is 0 Å². The molecule has 23 heavy (non-hydrogen) atoms. The van der Waals surface area contributed by atoms with Crippen molar-refractivity contribution in [3.63, 3.8) is 0 Å². The largest absolute Gasteiger partial charge is 0.432 e. The van der Waals surface area contributed by atoms with E-state index in [1.807, 2.05) is 35.2 Å². The summed E-state index contributed by atoms with van der Waals surface area (Å²) in [5, 5.41) is 2.78. The van der Waals surface area contributed by atoms with Gasteiger partial charge in [0.2, 0.25) is 0 Å². The second-order valence-corrected chi connectivity index (χ2v) is 4.80. The number of benzene rings is 1. The highest BCUT2D eigenvalue weighted by Crippen LogP contribution is 2.19. The summed E-state index contributed by atoms with van der Waals surface area (Å²) >= 11 is 0. The van der Waals surface area contributed by atoms with Crippen molar-refractivity contribution in [1.29, 1.82) is 0 Å². The van der Waals surface area contributed by atoms with E-state index in [2.05, 4.69) is 21.9 Å². The van der Waals surface area contributed by atoms with E-state index in [0.717, 1.165) is 18.5 Å². The molecule has 0 unspecified atom stereocenters. The predicted octanol–water partition coefficient (Wildman–Crippen LogP) is 2.57. The first kappa shape index (κ1) is 16.5. The van der Waals surface area contributed by atoms with E-state index in [0.29, 0.717) is 12.3 Å². The number of oxazole rings is 1. The molecule has 0 atom stereocenters. The maximum Gasteiger partial charge on any atom is 0.307 e. The third kappa shape index (κ3) is 4.81. The molecule has 0 radical (unpaired) electrons. The van der Waals surface area contributed by atoms with Crippen molar-refractivity contribution in [3.05, 3.63) is 55.2 Å². The van der Waals surface area contributed by atoms with Crippen LogP contribution in [-0.4, -0.2) is 42.3 Å². The number of hydrogen-bond donors (Lipinski definition) is 1. The van der Waals surface area contributed by atoms with Crippen LogP contribution in [0.25, 0.3) is 11.3 Å². The van der Waals surface area contributed by atoms with E-state index in [9.17, 15) is 4.79 Å². The molecular formula is C17H20N4O2. The van der Waals surface area contributed by atoms with E-state index in [4.69, 9.17) is 4.42 Å². The summed E-state index contributed by atoms with van der Waals surface area (Å²) in [5.41, 5.74) is 0.888. The minimum atomic E-state index is -0.318. The number of nitrogens with zero attached hydrogens (tertiary/aromatic N) is 3. The Labute approximate surface area is 135 Å². The minimum Gasteiger partial charge on any atom is -0.432 e. The summed E-state index contributed by atoms with van der Waals surface area (Å²) in [7, 11) is 1.70. The molecule has 0 aliphatic carbocycles. The molecule has 120 valence electrons. The van der Waals surface area contributed by atoms with Crippen LogP contribution >= 0.6 is 0 Å². The molecule has 6 nitrogen and oxygen atoms in total. The molecule has 2 rings (SSSR count). The fraction of sp³-hybridized carbons (Fsp3) is 0.235. The number of carbonyl (C=O) groups is 1. The highest BCUT2D eigenvalue weighted by Gasteiger charge is 2.13. The van der Waals surface area contributed by atoms with Gasteiger partial charge in [-0.1, -0.05) is 36.9 Å². The van der Waals surface area contributed by atoms with Crippen LogP contribution in [0.4, 0.5) is 0 Å². The lowest BCUT2D eigenvalue weighted by Gasteiger charge is -2.13. The Morgan fingerprint density at radius 2 is 2.22 bits per heavy atom. The van der Waals surface area contributed by atoms with E-state index in [1.165, 1.54) is 0 Å². The highest BCUT2D eigenvalue weighted by molar-refractivity contribution is 5.89. The van der Waals surface area contributed by atoms with Crippen LogP contribution in [0.2, 0.25) is 0 Å². The van der Waals surface area contributed by atoms with E-state index in [1.54, 1.807) is 25.8 Å². The Kier molecular flexibility index (Phi) is 6.11. The van der Waals surface area contributed by atoms with Crippen LogP contribution < -0.4 is 5.32 Å². The minimum absolute atomic E-state index is 0.0690. The predicted molar refractivity (Wildman–Crippen MR) is 90.2 cm³/mol. The van der Waals surface area contributed by atoms with Crippen LogP contribution in [0.3, 0.4) is 0 Å². The van der Waals surface area contributed by atoms with Gasteiger partial charge in [-0.25, -0.2) is 4.98 Å². The standard InChI is InChI=1S/C17H20N4O2/c1-3-21(13-18-2)11-7-10-19-16(22)17-20-12-15(23-17)14-8-5-4-6-9-14/h3-6,8-9,12-13H,1,7,10-11H2,2H3,(H,19,22). The lowest BCUT2D eigenvalue weighted by Crippen LogP contribution is -2.27. The quantitative estimate of drug-likeness (QED) is 0.462. The van der Waals surface area contributed by atoms with Gasteiger partial charge in [0.1, 0.15) is 0 Å². The Balaban J connectivity index is 1.83. The van der Waals surface area contributed by atoms with Crippen LogP contribution in [0.5, 0.6) is 0 Å². The van der Waals surface area contributed by atoms with Crippen molar-refractivity contribution in [1.82, 2.24) is 15.2 Å². The summed E-state index contributed by atoms with van der Waals surface area (Å²) in [6.07, 6.45) is 5.70. The third-order valence-corrected chi connectivity index (χ3v) is 3.14. The molecule has 1 aromatic heterocycles. The molecule has 0 saturated carbocycles. The number of amides is 1. The Morgan fingerprint density at radius 1 is 1.43 bits per heavy atom. The molecule has 0 aliphatic heterocycles. The van der Waals surface area contributed by atoms with Crippen LogP contribution in [-0.2, 0) is 0 Å². The first-order valence-corrected chi connectivity index (χ1v) is 7.34. The summed E-state index contributed by atoms with van der Waals surface area (Å²) in [6, 6.07) is 9.54. The summed E-state index contributed by atoms with van der Waals surface area (Å²) in [5.74, 6) is 0.328. The van der Waals surface area contributed by atoms with Gasteiger partial charge in [0.25, 0.3) is 5.89 Å². The fourth-order valence-corrected chi connectivity index (χ4v) is 2.00. The van der Waals surface area contributed by atoms with Crippen molar-refractivity contribution < 1.29 is 9.21 Å². The van der Waals surface area contributed by atoms with Gasteiger partial charge in [0.15, 0.2) is 5.76 Å². The monoisotopic (exact) mass is 312 g/mol. The molecule has 0 bridgehead atoms. The first-order valence-electron chi connectivity index (χ1n) is 7.34. The van der Waals surface area contributed by atoms with Crippen LogP contribution in [0.1, 0.15) is 17.1 Å². The number of aliphatic imine (C=N–C) groups is 1. The molecule has 0 saturated heterocycles. The Bertz CT molecular complexity index is 664. The van der Waals surface area contributed by atoms with Crippen LogP contribution in [0.15, 0.2) is 58.7 Å². The number of hydrogen-bond acceptors (Lipinski definition) is 4. The topological polar surface area (TPSA) is 70.7 Å². The van der Waals surface area contributed by atoms with Crippen molar-refractivity contribution in [2.75, 3.05) is 20.1 Å². The summed E-state index contributed by atoms with van der Waals surface area (Å²) in [6.45, 7) is 4.94. The smallest absolute Gasteiger partial charge is 0.307 e. The normalized spacial score (nSPS) is 10.7. The second-order valence-electron chi connectivity index (χ2n) is 4.80. The molecule has 2 aromatic rings. The number of aromatic nitrogens is 1. The molecule has 1 amide bonds. The zero-order valence-electron chi connectivity index (χ0n) is 13.1. The Hall–Kier alpha value is -2.89. The highest BCUT2D eigenvalue weighted by atomic mass is 16.4. The molecule has 1 aromatic carbocycles. The maximum absolute atomic E-state index is 12.0. The third-order valence-electron chi connectivity index (χ3n) is 3.14. The SMILES string of the molecule is C=CN(C=NC)CCCNC(=O)c1ncc(-c2ccccc2)o1. The van der Waals surface area contributed by atoms with Gasteiger partial charge in [0.05, 0.1) is 12.5 Å². The lowest BCUT2D eigenvalue weighted by atomic mass is 10.2. The van der Waals surface area contributed by atoms with Crippen molar-refractivity contribution in [2.24, 2.45) is 4.99 Å². The average molecular weight is 312 g/mol. The lowest BCUT2D eigenvalue weighted by molar-refractivity contribution is 0.0919. The maximum atomic E-state index is 12.0. The van der Waals surface area contributed by atoms with E-state index in [-0.39, 0.29) is 11.8 Å². The fourth-order valence-electron chi connectivity index (χ4n) is 2.00. The van der Waals surface area contributed by atoms with Crippen molar-refractivity contribution in [2.45, 2.75) is 6.42 Å². The zero-order chi connectivity index (χ0) is 16.5. The number of carbonyl (C=O) groups excluding carboxylic acids is 1. The number of nitrogens with one attached hydrogen (secondary N) is 1. The summed E-state index contributed by atoms with van der Waals surface area (Å²) < 4.78 is 5.50. The van der Waals surface area contributed by atoms with Gasteiger partial charge in [-0.3, -0.25) is 9.79 Å². The van der Waals surface area contributed by atoms with Crippen molar-refractivity contribution >= 4 is 12.2 Å². The number of rotatable bonds is 8. The van der Waals surface area contributed by atoms with Gasteiger partial charge in [-0.15, -0.1) is 0 Å². The summed E-state index contributed by atoms with van der Waals surface area (Å²) in [4.78, 5) is 21.8. The van der Waals surface area contributed by atoms with Gasteiger partial charge >= 0.3 is 5.91 Å². The molecule has 1 heterocycles. The van der Waals surface area contributed by atoms with Gasteiger partial charge in [-0.2, -0.15) is 0 Å². The Morgan fingerprint density at radius 3 is 2.91 bits per heavy atom. The van der Waals surface area contributed by atoms with Crippen LogP contribution in [0, 0.1) is 0 Å². The molecule has 0 fully saturated rings. The first-order chi connectivity index (χ1) is 11.2. The van der Waals surface area contributed by atoms with Gasteiger partial charge in [0, 0.05) is 25.7 Å².